The van der Waals surface area contributed by atoms with Gasteiger partial charge in [-0.05, 0) is 89.0 Å². The Hall–Kier alpha value is -2.15. The van der Waals surface area contributed by atoms with Crippen LogP contribution in [0.15, 0.2) is 45.2 Å². The highest BCUT2D eigenvalue weighted by molar-refractivity contribution is 9.10. The van der Waals surface area contributed by atoms with Crippen LogP contribution in [0.25, 0.3) is 0 Å². The average Bonchev–Trinajstić information content (AvgIpc) is 2.53. The molecule has 0 unspecified atom stereocenters. The van der Waals surface area contributed by atoms with Gasteiger partial charge in [0.05, 0.1) is 21.5 Å². The fourth-order valence-corrected chi connectivity index (χ4v) is 3.62. The first-order chi connectivity index (χ1) is 13.6. The third-order valence-corrected chi connectivity index (χ3v) is 4.88. The van der Waals surface area contributed by atoms with E-state index in [1.807, 2.05) is 0 Å². The number of carbonyl (C=O) groups is 2. The van der Waals surface area contributed by atoms with Crippen LogP contribution in [0.2, 0.25) is 0 Å². The Morgan fingerprint density at radius 3 is 1.73 bits per heavy atom. The van der Waals surface area contributed by atoms with Crippen LogP contribution in [0.5, 0.6) is 0 Å². The van der Waals surface area contributed by atoms with Crippen LogP contribution in [0, 0.1) is 5.82 Å². The van der Waals surface area contributed by atoms with E-state index in [9.17, 15) is 14.0 Å². The van der Waals surface area contributed by atoms with Gasteiger partial charge >= 0.3 is 11.9 Å². The predicted molar refractivity (Wildman–Crippen MR) is 117 cm³/mol. The summed E-state index contributed by atoms with van der Waals surface area (Å²) >= 11 is 3.20. The van der Waals surface area contributed by atoms with Gasteiger partial charge < -0.3 is 14.8 Å². The van der Waals surface area contributed by atoms with Crippen LogP contribution in [0.1, 0.15) is 66.9 Å². The number of esters is 2. The van der Waals surface area contributed by atoms with Crippen LogP contribution in [-0.4, -0.2) is 23.1 Å². The standard InChI is InChI=1S/C23H29BrFNO4/c1-12-17(20(27)29-22(3,4)5)19(14-9-10-16(25)15(24)11-14)18(13(2)26-12)21(28)30-23(6,7)8/h9-11,19,26H,1-8H3. The van der Waals surface area contributed by atoms with Gasteiger partial charge in [0.2, 0.25) is 0 Å². The van der Waals surface area contributed by atoms with Gasteiger partial charge in [0.25, 0.3) is 0 Å². The minimum Gasteiger partial charge on any atom is -0.457 e. The van der Waals surface area contributed by atoms with E-state index in [4.69, 9.17) is 9.47 Å². The molecule has 1 N–H and O–H groups in total. The minimum atomic E-state index is -0.771. The van der Waals surface area contributed by atoms with Gasteiger partial charge in [0.1, 0.15) is 17.0 Å². The van der Waals surface area contributed by atoms with E-state index in [2.05, 4.69) is 21.2 Å². The molecule has 1 heterocycles. The van der Waals surface area contributed by atoms with E-state index < -0.39 is 34.9 Å². The number of carbonyl (C=O) groups excluding carboxylic acids is 2. The molecule has 0 saturated heterocycles. The molecule has 0 atom stereocenters. The van der Waals surface area contributed by atoms with Gasteiger partial charge in [-0.2, -0.15) is 0 Å². The lowest BCUT2D eigenvalue weighted by Crippen LogP contribution is -2.36. The average molecular weight is 482 g/mol. The van der Waals surface area contributed by atoms with Gasteiger partial charge in [-0.25, -0.2) is 14.0 Å². The summed E-state index contributed by atoms with van der Waals surface area (Å²) in [5, 5.41) is 3.11. The first kappa shape index (κ1) is 24.1. The molecular formula is C23H29BrFNO4. The molecule has 1 aliphatic rings. The van der Waals surface area contributed by atoms with Gasteiger partial charge in [-0.15, -0.1) is 0 Å². The lowest BCUT2D eigenvalue weighted by molar-refractivity contribution is -0.150. The van der Waals surface area contributed by atoms with Crippen molar-refractivity contribution in [3.63, 3.8) is 0 Å². The molecule has 0 aromatic heterocycles. The molecule has 164 valence electrons. The van der Waals surface area contributed by atoms with Crippen molar-refractivity contribution in [3.8, 4) is 0 Å². The fraction of sp³-hybridized carbons (Fsp3) is 0.478. The van der Waals surface area contributed by atoms with Crippen molar-refractivity contribution in [1.82, 2.24) is 5.32 Å². The summed E-state index contributed by atoms with van der Waals surface area (Å²) in [5.74, 6) is -2.31. The largest absolute Gasteiger partial charge is 0.457 e. The normalized spacial score (nSPS) is 15.8. The molecule has 2 rings (SSSR count). The quantitative estimate of drug-likeness (QED) is 0.576. The number of allylic oxidation sites excluding steroid dienone is 2. The Balaban J connectivity index is 2.68. The summed E-state index contributed by atoms with van der Waals surface area (Å²) in [5.41, 5.74) is 0.843. The smallest absolute Gasteiger partial charge is 0.337 e. The maximum absolute atomic E-state index is 13.9. The van der Waals surface area contributed by atoms with Crippen molar-refractivity contribution in [2.75, 3.05) is 0 Å². The number of hydrogen-bond acceptors (Lipinski definition) is 5. The molecule has 0 fully saturated rings. The molecule has 5 nitrogen and oxygen atoms in total. The van der Waals surface area contributed by atoms with Crippen molar-refractivity contribution in [1.29, 1.82) is 0 Å². The molecule has 1 aromatic carbocycles. The summed E-state index contributed by atoms with van der Waals surface area (Å²) in [6, 6.07) is 4.43. The van der Waals surface area contributed by atoms with Gasteiger partial charge in [0.15, 0.2) is 0 Å². The second-order valence-corrected chi connectivity index (χ2v) is 10.2. The molecule has 0 bridgehead atoms. The number of rotatable bonds is 3. The van der Waals surface area contributed by atoms with Crippen LogP contribution in [0.4, 0.5) is 4.39 Å². The first-order valence-corrected chi connectivity index (χ1v) is 10.5. The van der Waals surface area contributed by atoms with E-state index in [0.717, 1.165) is 0 Å². The Morgan fingerprint density at radius 2 is 1.37 bits per heavy atom. The van der Waals surface area contributed by atoms with Crippen molar-refractivity contribution in [2.24, 2.45) is 0 Å². The molecule has 0 spiro atoms. The number of hydrogen-bond donors (Lipinski definition) is 1. The number of halogens is 2. The summed E-state index contributed by atoms with van der Waals surface area (Å²) in [7, 11) is 0. The lowest BCUT2D eigenvalue weighted by Gasteiger charge is -2.33. The molecule has 1 aliphatic heterocycles. The van der Waals surface area contributed by atoms with Crippen LogP contribution < -0.4 is 5.32 Å². The van der Waals surface area contributed by atoms with Crippen LogP contribution in [-0.2, 0) is 19.1 Å². The Morgan fingerprint density at radius 1 is 0.933 bits per heavy atom. The van der Waals surface area contributed by atoms with Crippen molar-refractivity contribution < 1.29 is 23.5 Å². The summed E-state index contributed by atoms with van der Waals surface area (Å²) in [6.07, 6.45) is 0. The van der Waals surface area contributed by atoms with Gasteiger partial charge in [-0.3, -0.25) is 0 Å². The van der Waals surface area contributed by atoms with E-state index >= 15 is 0 Å². The summed E-state index contributed by atoms with van der Waals surface area (Å²) in [6.45, 7) is 14.1. The Kier molecular flexibility index (Phi) is 6.86. The number of benzene rings is 1. The Bertz CT molecular complexity index is 886. The maximum atomic E-state index is 13.9. The van der Waals surface area contributed by atoms with Crippen molar-refractivity contribution in [2.45, 2.75) is 72.5 Å². The highest BCUT2D eigenvalue weighted by Gasteiger charge is 2.40. The third kappa shape index (κ3) is 5.72. The highest BCUT2D eigenvalue weighted by Crippen LogP contribution is 2.41. The number of ether oxygens (including phenoxy) is 2. The number of nitrogens with one attached hydrogen (secondary N) is 1. The van der Waals surface area contributed by atoms with Crippen LogP contribution in [0.3, 0.4) is 0 Å². The van der Waals surface area contributed by atoms with Crippen LogP contribution >= 0.6 is 15.9 Å². The van der Waals surface area contributed by atoms with Gasteiger partial charge in [-0.1, -0.05) is 6.07 Å². The first-order valence-electron chi connectivity index (χ1n) is 9.71. The van der Waals surface area contributed by atoms with E-state index in [0.29, 0.717) is 17.0 Å². The number of dihydropyridines is 1. The predicted octanol–water partition coefficient (Wildman–Crippen LogP) is 5.51. The molecule has 7 heteroatoms. The maximum Gasteiger partial charge on any atom is 0.337 e. The molecule has 1 aromatic rings. The van der Waals surface area contributed by atoms with E-state index in [1.165, 1.54) is 6.07 Å². The highest BCUT2D eigenvalue weighted by atomic mass is 79.9. The zero-order chi connectivity index (χ0) is 23.0. The summed E-state index contributed by atoms with van der Waals surface area (Å²) in [4.78, 5) is 26.3. The molecule has 0 aliphatic carbocycles. The summed E-state index contributed by atoms with van der Waals surface area (Å²) < 4.78 is 25.4. The SMILES string of the molecule is CC1=C(C(=O)OC(C)(C)C)C(c2ccc(F)c(Br)c2)C(C(=O)OC(C)(C)C)=C(C)N1. The fourth-order valence-electron chi connectivity index (χ4n) is 3.23. The molecule has 30 heavy (non-hydrogen) atoms. The molecule has 0 amide bonds. The van der Waals surface area contributed by atoms with Crippen molar-refractivity contribution >= 4 is 27.9 Å². The molecular weight excluding hydrogens is 453 g/mol. The topological polar surface area (TPSA) is 64.6 Å². The zero-order valence-electron chi connectivity index (χ0n) is 18.7. The second-order valence-electron chi connectivity index (χ2n) is 9.31. The lowest BCUT2D eigenvalue weighted by atomic mass is 9.80. The Labute approximate surface area is 185 Å². The monoisotopic (exact) mass is 481 g/mol. The molecule has 0 saturated carbocycles. The van der Waals surface area contributed by atoms with E-state index in [-0.39, 0.29) is 15.6 Å². The third-order valence-electron chi connectivity index (χ3n) is 4.27. The minimum absolute atomic E-state index is 0.237. The van der Waals surface area contributed by atoms with E-state index in [1.54, 1.807) is 67.5 Å². The van der Waals surface area contributed by atoms with Gasteiger partial charge in [0, 0.05) is 11.4 Å². The molecule has 0 radical (unpaired) electrons. The second kappa shape index (κ2) is 8.53. The van der Waals surface area contributed by atoms with Crippen molar-refractivity contribution in [3.05, 3.63) is 56.6 Å². The zero-order valence-corrected chi connectivity index (χ0v) is 20.3.